The Morgan fingerprint density at radius 1 is 1.40 bits per heavy atom. The number of aryl methyl sites for hydroxylation is 1. The molecule has 0 bridgehead atoms. The number of nitriles is 1. The second-order valence-electron chi connectivity index (χ2n) is 5.30. The number of halogens is 1. The molecule has 102 valence electrons. The van der Waals surface area contributed by atoms with Crippen molar-refractivity contribution in [3.05, 3.63) is 51.8 Å². The molecule has 1 aromatic carbocycles. The molecule has 1 unspecified atom stereocenters. The number of nitrogens with zero attached hydrogens (tertiary/aromatic N) is 2. The maximum atomic E-state index is 8.96. The summed E-state index contributed by atoms with van der Waals surface area (Å²) >= 11 is 6.15. The molecule has 1 atom stereocenters. The third-order valence-electron chi connectivity index (χ3n) is 3.98. The molecule has 4 heteroatoms. The molecule has 1 aliphatic rings. The Kier molecular flexibility index (Phi) is 3.29. The number of aromatic nitrogens is 1. The van der Waals surface area contributed by atoms with Gasteiger partial charge in [0.1, 0.15) is 6.07 Å². The van der Waals surface area contributed by atoms with Gasteiger partial charge in [-0.2, -0.15) is 5.26 Å². The third kappa shape index (κ3) is 2.02. The van der Waals surface area contributed by atoms with Crippen LogP contribution >= 0.6 is 11.6 Å². The summed E-state index contributed by atoms with van der Waals surface area (Å²) in [6.45, 7) is 2.08. The van der Waals surface area contributed by atoms with E-state index in [0.717, 1.165) is 30.6 Å². The van der Waals surface area contributed by atoms with Crippen LogP contribution in [0.15, 0.2) is 24.3 Å². The van der Waals surface area contributed by atoms with Crippen LogP contribution in [0.2, 0.25) is 5.02 Å². The van der Waals surface area contributed by atoms with Crippen molar-refractivity contribution < 1.29 is 0 Å². The predicted octanol–water partition coefficient (Wildman–Crippen LogP) is 3.65. The van der Waals surface area contributed by atoms with Gasteiger partial charge in [-0.15, -0.1) is 0 Å². The summed E-state index contributed by atoms with van der Waals surface area (Å²) in [7, 11) is 0. The van der Waals surface area contributed by atoms with Crippen LogP contribution < -0.4 is 5.73 Å². The molecule has 1 aromatic heterocycles. The fraction of sp³-hybridized carbons (Fsp3) is 0.312. The van der Waals surface area contributed by atoms with E-state index in [0.29, 0.717) is 10.6 Å². The Morgan fingerprint density at radius 2 is 2.20 bits per heavy atom. The summed E-state index contributed by atoms with van der Waals surface area (Å²) in [5, 5.41) is 9.46. The Bertz CT molecular complexity index is 709. The van der Waals surface area contributed by atoms with Gasteiger partial charge in [-0.25, -0.2) is 0 Å². The van der Waals surface area contributed by atoms with Crippen molar-refractivity contribution in [3.63, 3.8) is 0 Å². The first-order valence-corrected chi connectivity index (χ1v) is 7.16. The Morgan fingerprint density at radius 3 is 2.90 bits per heavy atom. The fourth-order valence-corrected chi connectivity index (χ4v) is 3.25. The number of hydrogen-bond donors (Lipinski definition) is 1. The molecule has 1 heterocycles. The van der Waals surface area contributed by atoms with Gasteiger partial charge in [0.25, 0.3) is 0 Å². The van der Waals surface area contributed by atoms with Gasteiger partial charge in [0.05, 0.1) is 10.6 Å². The molecule has 0 spiro atoms. The van der Waals surface area contributed by atoms with Crippen LogP contribution in [-0.4, -0.2) is 4.57 Å². The topological polar surface area (TPSA) is 54.7 Å². The van der Waals surface area contributed by atoms with Gasteiger partial charge >= 0.3 is 0 Å². The van der Waals surface area contributed by atoms with E-state index in [1.807, 2.05) is 12.1 Å². The molecule has 20 heavy (non-hydrogen) atoms. The minimum Gasteiger partial charge on any atom is -0.324 e. The second kappa shape index (κ2) is 4.97. The highest BCUT2D eigenvalue weighted by Crippen LogP contribution is 2.33. The molecule has 2 aromatic rings. The standard InChI is InChI=1S/C16H16ClN3/c1-10-7-13-15(19)3-2-4-16(13)20(10)12-6-5-11(9-18)14(17)8-12/h5-8,15H,2-4,19H2,1H3. The summed E-state index contributed by atoms with van der Waals surface area (Å²) < 4.78 is 2.21. The highest BCUT2D eigenvalue weighted by atomic mass is 35.5. The predicted molar refractivity (Wildman–Crippen MR) is 80.1 cm³/mol. The molecule has 0 fully saturated rings. The van der Waals surface area contributed by atoms with Crippen molar-refractivity contribution in [2.45, 2.75) is 32.2 Å². The van der Waals surface area contributed by atoms with Gasteiger partial charge in [0.2, 0.25) is 0 Å². The molecule has 1 aliphatic carbocycles. The molecular weight excluding hydrogens is 270 g/mol. The summed E-state index contributed by atoms with van der Waals surface area (Å²) in [6.07, 6.45) is 3.20. The number of benzene rings is 1. The normalized spacial score (nSPS) is 17.6. The van der Waals surface area contributed by atoms with Crippen molar-refractivity contribution in [2.75, 3.05) is 0 Å². The van der Waals surface area contributed by atoms with Crippen molar-refractivity contribution in [3.8, 4) is 11.8 Å². The van der Waals surface area contributed by atoms with Gasteiger partial charge in [-0.1, -0.05) is 11.6 Å². The molecule has 0 radical (unpaired) electrons. The summed E-state index contributed by atoms with van der Waals surface area (Å²) in [5.74, 6) is 0. The number of hydrogen-bond acceptors (Lipinski definition) is 2. The van der Waals surface area contributed by atoms with E-state index in [4.69, 9.17) is 22.6 Å². The van der Waals surface area contributed by atoms with Crippen LogP contribution in [0.4, 0.5) is 0 Å². The quantitative estimate of drug-likeness (QED) is 0.869. The molecule has 3 nitrogen and oxygen atoms in total. The number of fused-ring (bicyclic) bond motifs is 1. The van der Waals surface area contributed by atoms with E-state index < -0.39 is 0 Å². The largest absolute Gasteiger partial charge is 0.324 e. The van der Waals surface area contributed by atoms with Crippen LogP contribution in [0.5, 0.6) is 0 Å². The van der Waals surface area contributed by atoms with E-state index in [9.17, 15) is 0 Å². The Balaban J connectivity index is 2.16. The van der Waals surface area contributed by atoms with Crippen LogP contribution in [0.3, 0.4) is 0 Å². The summed E-state index contributed by atoms with van der Waals surface area (Å²) in [6, 6.07) is 9.96. The third-order valence-corrected chi connectivity index (χ3v) is 4.29. The van der Waals surface area contributed by atoms with Crippen LogP contribution in [-0.2, 0) is 6.42 Å². The Labute approximate surface area is 123 Å². The van der Waals surface area contributed by atoms with Crippen LogP contribution in [0.25, 0.3) is 5.69 Å². The lowest BCUT2D eigenvalue weighted by Crippen LogP contribution is -2.17. The molecule has 0 amide bonds. The minimum absolute atomic E-state index is 0.132. The average molecular weight is 286 g/mol. The minimum atomic E-state index is 0.132. The fourth-order valence-electron chi connectivity index (χ4n) is 3.03. The van der Waals surface area contributed by atoms with Gasteiger partial charge in [0, 0.05) is 23.1 Å². The first-order chi connectivity index (χ1) is 9.61. The van der Waals surface area contributed by atoms with Crippen molar-refractivity contribution in [1.29, 1.82) is 5.26 Å². The zero-order valence-corrected chi connectivity index (χ0v) is 12.1. The first-order valence-electron chi connectivity index (χ1n) is 6.78. The molecule has 0 saturated heterocycles. The monoisotopic (exact) mass is 285 g/mol. The lowest BCUT2D eigenvalue weighted by Gasteiger charge is -2.21. The van der Waals surface area contributed by atoms with Gasteiger partial charge in [-0.05, 0) is 56.0 Å². The van der Waals surface area contributed by atoms with Crippen LogP contribution in [0.1, 0.15) is 41.4 Å². The highest BCUT2D eigenvalue weighted by Gasteiger charge is 2.22. The van der Waals surface area contributed by atoms with E-state index >= 15 is 0 Å². The molecule has 3 rings (SSSR count). The van der Waals surface area contributed by atoms with Gasteiger partial charge in [0.15, 0.2) is 0 Å². The average Bonchev–Trinajstić information content (AvgIpc) is 2.76. The lowest BCUT2D eigenvalue weighted by atomic mass is 9.93. The number of rotatable bonds is 1. The van der Waals surface area contributed by atoms with E-state index in [2.05, 4.69) is 23.6 Å². The molecule has 0 aliphatic heterocycles. The van der Waals surface area contributed by atoms with E-state index in [-0.39, 0.29) is 6.04 Å². The zero-order chi connectivity index (χ0) is 14.3. The van der Waals surface area contributed by atoms with Crippen LogP contribution in [0, 0.1) is 18.3 Å². The van der Waals surface area contributed by atoms with Gasteiger partial charge in [-0.3, -0.25) is 0 Å². The number of nitrogens with two attached hydrogens (primary N) is 1. The molecule has 0 saturated carbocycles. The van der Waals surface area contributed by atoms with Crippen molar-refractivity contribution >= 4 is 11.6 Å². The van der Waals surface area contributed by atoms with Gasteiger partial charge < -0.3 is 10.3 Å². The summed E-state index contributed by atoms with van der Waals surface area (Å²) in [4.78, 5) is 0. The maximum Gasteiger partial charge on any atom is 0.101 e. The highest BCUT2D eigenvalue weighted by molar-refractivity contribution is 6.31. The van der Waals surface area contributed by atoms with E-state index in [1.54, 1.807) is 6.07 Å². The maximum absolute atomic E-state index is 8.96. The first kappa shape index (κ1) is 13.2. The zero-order valence-electron chi connectivity index (χ0n) is 11.4. The van der Waals surface area contributed by atoms with Crippen molar-refractivity contribution in [2.24, 2.45) is 5.73 Å². The summed E-state index contributed by atoms with van der Waals surface area (Å²) in [5.41, 5.74) is 11.4. The molecule has 2 N–H and O–H groups in total. The van der Waals surface area contributed by atoms with Crippen molar-refractivity contribution in [1.82, 2.24) is 4.57 Å². The molecular formula is C16H16ClN3. The second-order valence-corrected chi connectivity index (χ2v) is 5.71. The lowest BCUT2D eigenvalue weighted by molar-refractivity contribution is 0.560. The smallest absolute Gasteiger partial charge is 0.101 e. The SMILES string of the molecule is Cc1cc2c(n1-c1ccc(C#N)c(Cl)c1)CCCC2N. The Hall–Kier alpha value is -1.76. The van der Waals surface area contributed by atoms with E-state index in [1.165, 1.54) is 11.3 Å².